The number of likely N-dealkylation sites (N-methyl/N-ethyl adjacent to an activating group) is 1. The second-order valence-corrected chi connectivity index (χ2v) is 10.8. The van der Waals surface area contributed by atoms with E-state index in [-0.39, 0.29) is 11.8 Å². The molecule has 2 aliphatic heterocycles. The molecule has 2 aromatic rings. The molecule has 4 atom stereocenters. The fourth-order valence-electron chi connectivity index (χ4n) is 5.07. The number of fused-ring (bicyclic) bond motifs is 1. The van der Waals surface area contributed by atoms with Crippen molar-refractivity contribution in [2.75, 3.05) is 46.7 Å². The number of anilines is 5. The van der Waals surface area contributed by atoms with Crippen molar-refractivity contribution in [2.24, 2.45) is 11.8 Å². The summed E-state index contributed by atoms with van der Waals surface area (Å²) in [6, 6.07) is 5.44. The Bertz CT molecular complexity index is 1150. The zero-order valence-electron chi connectivity index (χ0n) is 20.7. The molecule has 0 spiro atoms. The first-order valence-electron chi connectivity index (χ1n) is 12.3. The first-order valence-corrected chi connectivity index (χ1v) is 12.7. The van der Waals surface area contributed by atoms with Crippen molar-refractivity contribution < 1.29 is 19.4 Å². The minimum atomic E-state index is -1.34. The highest BCUT2D eigenvalue weighted by molar-refractivity contribution is 6.32. The Morgan fingerprint density at radius 1 is 1.22 bits per heavy atom. The van der Waals surface area contributed by atoms with E-state index in [9.17, 15) is 19.4 Å². The highest BCUT2D eigenvalue weighted by Gasteiger charge is 2.42. The third-order valence-electron chi connectivity index (χ3n) is 7.52. The molecule has 1 aliphatic carbocycles. The second kappa shape index (κ2) is 9.32. The van der Waals surface area contributed by atoms with E-state index in [0.29, 0.717) is 59.9 Å². The summed E-state index contributed by atoms with van der Waals surface area (Å²) in [5.41, 5.74) is 1.27. The van der Waals surface area contributed by atoms with Gasteiger partial charge in [-0.05, 0) is 37.5 Å². The number of nitrogens with zero attached hydrogens (tertiary/aromatic N) is 5. The summed E-state index contributed by atoms with van der Waals surface area (Å²) >= 11 is 6.41. The van der Waals surface area contributed by atoms with E-state index >= 15 is 0 Å². The van der Waals surface area contributed by atoms with Crippen LogP contribution in [0.1, 0.15) is 33.1 Å². The van der Waals surface area contributed by atoms with Gasteiger partial charge in [-0.2, -0.15) is 4.98 Å². The van der Waals surface area contributed by atoms with Crippen LogP contribution in [0.2, 0.25) is 5.02 Å². The minimum Gasteiger partial charge on any atom is -0.390 e. The Hall–Kier alpha value is -2.69. The van der Waals surface area contributed by atoms with Gasteiger partial charge >= 0.3 is 0 Å². The Morgan fingerprint density at radius 2 is 1.92 bits per heavy atom. The lowest BCUT2D eigenvalue weighted by molar-refractivity contribution is -0.126. The number of halogens is 2. The molecule has 194 valence electrons. The van der Waals surface area contributed by atoms with Gasteiger partial charge in [0.2, 0.25) is 12.2 Å². The van der Waals surface area contributed by atoms with Gasteiger partial charge in [-0.1, -0.05) is 25.4 Å². The molecule has 1 amide bonds. The van der Waals surface area contributed by atoms with Gasteiger partial charge in [0.25, 0.3) is 5.91 Å². The van der Waals surface area contributed by atoms with Crippen LogP contribution in [-0.2, 0) is 4.79 Å². The highest BCUT2D eigenvalue weighted by Crippen LogP contribution is 2.42. The van der Waals surface area contributed by atoms with Crippen molar-refractivity contribution in [2.45, 2.75) is 51.1 Å². The van der Waals surface area contributed by atoms with Crippen molar-refractivity contribution in [3.63, 3.8) is 0 Å². The molecule has 1 aromatic carbocycles. The smallest absolute Gasteiger partial charge is 0.276 e. The van der Waals surface area contributed by atoms with Gasteiger partial charge in [-0.15, -0.1) is 0 Å². The molecule has 9 nitrogen and oxygen atoms in total. The quantitative estimate of drug-likeness (QED) is 0.535. The number of aliphatic hydroxyl groups excluding tert-OH is 1. The molecule has 3 heterocycles. The summed E-state index contributed by atoms with van der Waals surface area (Å²) in [6.07, 6.45) is 1.26. The van der Waals surface area contributed by atoms with Gasteiger partial charge in [-0.25, -0.2) is 9.37 Å². The van der Waals surface area contributed by atoms with E-state index in [0.717, 1.165) is 12.8 Å². The van der Waals surface area contributed by atoms with Crippen LogP contribution in [0.3, 0.4) is 0 Å². The number of benzene rings is 1. The number of aromatic nitrogens is 2. The lowest BCUT2D eigenvalue weighted by Gasteiger charge is -2.39. The number of hydrogen-bond acceptors (Lipinski definition) is 8. The number of rotatable bonds is 6. The van der Waals surface area contributed by atoms with E-state index in [1.54, 1.807) is 18.0 Å². The predicted molar refractivity (Wildman–Crippen MR) is 138 cm³/mol. The molecule has 11 heteroatoms. The van der Waals surface area contributed by atoms with Crippen LogP contribution in [0.25, 0.3) is 0 Å². The largest absolute Gasteiger partial charge is 0.390 e. The number of aliphatic hydroxyl groups is 2. The van der Waals surface area contributed by atoms with Crippen LogP contribution in [0, 0.1) is 11.8 Å². The first-order chi connectivity index (χ1) is 17.1. The lowest BCUT2D eigenvalue weighted by atomic mass is 9.90. The fourth-order valence-corrected chi connectivity index (χ4v) is 5.21. The number of nitrogens with one attached hydrogen (secondary N) is 1. The highest BCUT2D eigenvalue weighted by atomic mass is 35.5. The van der Waals surface area contributed by atoms with E-state index in [2.05, 4.69) is 15.3 Å². The summed E-state index contributed by atoms with van der Waals surface area (Å²) in [6.45, 7) is 5.15. The maximum absolute atomic E-state index is 14.3. The number of carbonyl (C=O) groups excluding carboxylic acids is 1. The first kappa shape index (κ1) is 25.0. The van der Waals surface area contributed by atoms with Crippen molar-refractivity contribution >= 4 is 46.3 Å². The molecule has 1 saturated heterocycles. The van der Waals surface area contributed by atoms with E-state index in [4.69, 9.17) is 11.6 Å². The number of hydrogen-bond donors (Lipinski definition) is 3. The topological polar surface area (TPSA) is 105 Å². The van der Waals surface area contributed by atoms with Crippen LogP contribution in [0.5, 0.6) is 0 Å². The van der Waals surface area contributed by atoms with Gasteiger partial charge in [-0.3, -0.25) is 4.79 Å². The molecular formula is C25H32ClFN6O3. The third kappa shape index (κ3) is 4.69. The average molecular weight is 519 g/mol. The van der Waals surface area contributed by atoms with Crippen LogP contribution in [0.4, 0.5) is 33.2 Å². The molecule has 3 aliphatic rings. The number of amides is 1. The maximum Gasteiger partial charge on any atom is 0.276 e. The van der Waals surface area contributed by atoms with Gasteiger partial charge < -0.3 is 30.2 Å². The molecule has 2 fully saturated rings. The summed E-state index contributed by atoms with van der Waals surface area (Å²) in [5.74, 6) is 0.205. The molecular weight excluding hydrogens is 487 g/mol. The Labute approximate surface area is 214 Å². The van der Waals surface area contributed by atoms with Gasteiger partial charge in [0.05, 0.1) is 23.2 Å². The average Bonchev–Trinajstić information content (AvgIpc) is 3.59. The monoisotopic (exact) mass is 518 g/mol. The minimum absolute atomic E-state index is 0.129. The van der Waals surface area contributed by atoms with Crippen LogP contribution >= 0.6 is 11.6 Å². The molecule has 0 bridgehead atoms. The second-order valence-electron chi connectivity index (χ2n) is 10.4. The summed E-state index contributed by atoms with van der Waals surface area (Å²) in [7, 11) is 1.62. The van der Waals surface area contributed by atoms with Crippen LogP contribution in [0.15, 0.2) is 24.4 Å². The molecule has 36 heavy (non-hydrogen) atoms. The van der Waals surface area contributed by atoms with E-state index < -0.39 is 23.9 Å². The normalized spacial score (nSPS) is 27.2. The summed E-state index contributed by atoms with van der Waals surface area (Å²) in [4.78, 5) is 26.6. The van der Waals surface area contributed by atoms with Crippen molar-refractivity contribution in [1.29, 1.82) is 0 Å². The number of piperidine rings is 1. The zero-order chi connectivity index (χ0) is 25.8. The molecule has 0 radical (unpaired) electrons. The van der Waals surface area contributed by atoms with E-state index in [1.807, 2.05) is 30.9 Å². The zero-order valence-corrected chi connectivity index (χ0v) is 21.4. The van der Waals surface area contributed by atoms with Crippen molar-refractivity contribution in [1.82, 2.24) is 9.97 Å². The molecule has 3 N–H and O–H groups in total. The number of carbonyl (C=O) groups is 1. The van der Waals surface area contributed by atoms with Gasteiger partial charge in [0.1, 0.15) is 11.2 Å². The molecule has 1 saturated carbocycles. The Morgan fingerprint density at radius 3 is 2.58 bits per heavy atom. The van der Waals surface area contributed by atoms with Gasteiger partial charge in [0, 0.05) is 44.2 Å². The third-order valence-corrected chi connectivity index (χ3v) is 7.80. The lowest BCUT2D eigenvalue weighted by Crippen LogP contribution is -2.53. The van der Waals surface area contributed by atoms with Crippen LogP contribution in [-0.4, -0.2) is 70.8 Å². The number of alkyl halides is 1. The van der Waals surface area contributed by atoms with Crippen molar-refractivity contribution in [3.8, 4) is 0 Å². The molecule has 5 rings (SSSR count). The molecule has 2 unspecified atom stereocenters. The maximum atomic E-state index is 14.3. The fraction of sp³-hybridized carbons (Fsp3) is 0.560. The molecule has 1 aromatic heterocycles. The summed E-state index contributed by atoms with van der Waals surface area (Å²) < 4.78 is 14.3. The van der Waals surface area contributed by atoms with Gasteiger partial charge in [0.15, 0.2) is 5.82 Å². The Balaban J connectivity index is 1.41. The Kier molecular flexibility index (Phi) is 6.46. The van der Waals surface area contributed by atoms with E-state index in [1.165, 1.54) is 11.1 Å². The van der Waals surface area contributed by atoms with Crippen LogP contribution < -0.4 is 20.0 Å². The summed E-state index contributed by atoms with van der Waals surface area (Å²) in [5, 5.41) is 24.6. The predicted octanol–water partition coefficient (Wildman–Crippen LogP) is 3.32. The van der Waals surface area contributed by atoms with Crippen molar-refractivity contribution in [3.05, 3.63) is 29.4 Å². The SMILES string of the molecule is C[C@@H]1CN(c2ncc(Cl)c(Nc3ccc4c(c3)N(CCC3(O)CC3)C(O)C(=O)N4C)n2)C[C@H](C)C1F. The standard InChI is InChI=1S/C25H32ClFN6O3/c1-14-12-32(13-15(2)20(14)27)24-28-11-17(26)21(30-24)29-16-4-5-18-19(10-16)33(9-8-25(36)6-7-25)23(35)22(34)31(18)3/h4-5,10-11,14-15,20,23,35-36H,6-9,12-13H2,1-3H3,(H,28,29,30)/t14-,15+,20?,23?.